The number of hydrogen-bond donors (Lipinski definition) is 0. The largest absolute Gasteiger partial charge is 0.493 e. The number of fused-ring (bicyclic) bond motifs is 3. The van der Waals surface area contributed by atoms with E-state index in [-0.39, 0.29) is 12.8 Å². The van der Waals surface area contributed by atoms with Gasteiger partial charge in [0.25, 0.3) is 0 Å². The van der Waals surface area contributed by atoms with Crippen molar-refractivity contribution in [3.8, 4) is 57.5 Å². The molecule has 8 bridgehead atoms. The van der Waals surface area contributed by atoms with Gasteiger partial charge >= 0.3 is 0 Å². The Morgan fingerprint density at radius 1 is 0.750 bits per heavy atom. The maximum Gasteiger partial charge on any atom is 0.231 e. The van der Waals surface area contributed by atoms with E-state index in [4.69, 9.17) is 42.9 Å². The van der Waals surface area contributed by atoms with Crippen LogP contribution >= 0.6 is 0 Å². The fourth-order valence-corrected chi connectivity index (χ4v) is 7.11. The van der Waals surface area contributed by atoms with E-state index in [1.54, 1.807) is 34.6 Å². The van der Waals surface area contributed by atoms with Gasteiger partial charge in [0, 0.05) is 36.2 Å². The number of aromatic nitrogens is 1. The van der Waals surface area contributed by atoms with E-state index in [9.17, 15) is 0 Å². The highest BCUT2D eigenvalue weighted by molar-refractivity contribution is 6.01. The fourth-order valence-electron chi connectivity index (χ4n) is 7.11. The van der Waals surface area contributed by atoms with Gasteiger partial charge in [-0.2, -0.15) is 0 Å². The summed E-state index contributed by atoms with van der Waals surface area (Å²) >= 11 is 0. The van der Waals surface area contributed by atoms with Crippen molar-refractivity contribution in [3.63, 3.8) is 0 Å². The Kier molecular flexibility index (Phi) is 7.52. The van der Waals surface area contributed by atoms with Crippen LogP contribution in [-0.2, 0) is 19.3 Å². The van der Waals surface area contributed by atoms with Crippen LogP contribution < -0.4 is 37.9 Å². The Bertz CT molecular complexity index is 2040. The Morgan fingerprint density at radius 3 is 2.29 bits per heavy atom. The molecule has 10 nitrogen and oxygen atoms in total. The number of benzene rings is 4. The average Bonchev–Trinajstić information content (AvgIpc) is 3.60. The van der Waals surface area contributed by atoms with Crippen molar-refractivity contribution in [2.24, 2.45) is 0 Å². The minimum atomic E-state index is 0.00505. The van der Waals surface area contributed by atoms with Gasteiger partial charge in [0.1, 0.15) is 5.75 Å². The zero-order valence-corrected chi connectivity index (χ0v) is 27.5. The number of pyridine rings is 1. The van der Waals surface area contributed by atoms with Gasteiger partial charge in [0.15, 0.2) is 34.5 Å². The van der Waals surface area contributed by atoms with E-state index >= 15 is 0 Å². The first-order valence-electron chi connectivity index (χ1n) is 15.9. The summed E-state index contributed by atoms with van der Waals surface area (Å²) in [4.78, 5) is 7.23. The van der Waals surface area contributed by atoms with Gasteiger partial charge in [-0.05, 0) is 73.0 Å². The van der Waals surface area contributed by atoms with Crippen LogP contribution in [0.5, 0.6) is 57.5 Å². The third-order valence-corrected chi connectivity index (χ3v) is 9.48. The van der Waals surface area contributed by atoms with Gasteiger partial charge in [-0.1, -0.05) is 18.2 Å². The van der Waals surface area contributed by atoms with Crippen LogP contribution in [0, 0.1) is 0 Å². The molecule has 0 saturated carbocycles. The first-order chi connectivity index (χ1) is 23.5. The van der Waals surface area contributed by atoms with Crippen molar-refractivity contribution >= 4 is 10.8 Å². The van der Waals surface area contributed by atoms with E-state index in [1.807, 2.05) is 36.4 Å². The molecule has 0 spiro atoms. The Morgan fingerprint density at radius 2 is 1.52 bits per heavy atom. The Balaban J connectivity index is 1.43. The molecule has 0 aliphatic carbocycles. The summed E-state index contributed by atoms with van der Waals surface area (Å²) in [5.74, 6) is 5.69. The molecule has 5 heterocycles. The SMILES string of the molecule is COc1ccc2cc1Oc1ccc(cc1)Cc1nccc3c(OC)c4c(c(c13)Oc1c3c(cc(OC)c1OC)[C@@H](C2)N(C)CC3)OCO4. The minimum absolute atomic E-state index is 0.00505. The number of hydrogen-bond acceptors (Lipinski definition) is 10. The lowest BCUT2D eigenvalue weighted by molar-refractivity contribution is 0.169. The smallest absolute Gasteiger partial charge is 0.231 e. The van der Waals surface area contributed by atoms with Crippen LogP contribution in [0.3, 0.4) is 0 Å². The van der Waals surface area contributed by atoms with Crippen molar-refractivity contribution in [3.05, 3.63) is 88.7 Å². The highest BCUT2D eigenvalue weighted by Gasteiger charge is 2.35. The Labute approximate surface area is 278 Å². The quantitative estimate of drug-likeness (QED) is 0.198. The average molecular weight is 649 g/mol. The highest BCUT2D eigenvalue weighted by atomic mass is 16.7. The van der Waals surface area contributed by atoms with Gasteiger partial charge in [-0.15, -0.1) is 0 Å². The van der Waals surface area contributed by atoms with E-state index in [2.05, 4.69) is 30.1 Å². The topological polar surface area (TPSA) is 90.0 Å². The van der Waals surface area contributed by atoms with Crippen LogP contribution in [0.15, 0.2) is 60.8 Å². The van der Waals surface area contributed by atoms with Crippen LogP contribution in [0.4, 0.5) is 0 Å². The lowest BCUT2D eigenvalue weighted by Crippen LogP contribution is -2.33. The van der Waals surface area contributed by atoms with Gasteiger partial charge in [0.05, 0.1) is 39.5 Å². The summed E-state index contributed by atoms with van der Waals surface area (Å²) in [5.41, 5.74) is 5.06. The van der Waals surface area contributed by atoms with Crippen LogP contribution in [0.2, 0.25) is 0 Å². The molecular weight excluding hydrogens is 612 g/mol. The third kappa shape index (κ3) is 4.86. The van der Waals surface area contributed by atoms with Crippen molar-refractivity contribution < 1.29 is 37.9 Å². The molecular formula is C38H36N2O8. The number of ether oxygens (including phenoxy) is 8. The number of likely N-dealkylation sites (N-methyl/N-ethyl adjacent to an activating group) is 1. The zero-order valence-electron chi connectivity index (χ0n) is 27.5. The summed E-state index contributed by atoms with van der Waals surface area (Å²) in [6.45, 7) is 0.843. The van der Waals surface area contributed by atoms with Gasteiger partial charge < -0.3 is 37.9 Å². The first-order valence-corrected chi connectivity index (χ1v) is 15.9. The normalized spacial score (nSPS) is 16.4. The fraction of sp³-hybridized carbons (Fsp3) is 0.289. The molecule has 4 aliphatic rings. The van der Waals surface area contributed by atoms with Crippen LogP contribution in [0.1, 0.15) is 34.0 Å². The molecule has 4 aliphatic heterocycles. The minimum Gasteiger partial charge on any atom is -0.493 e. The molecule has 0 unspecified atom stereocenters. The lowest BCUT2D eigenvalue weighted by Gasteiger charge is -2.36. The first kappa shape index (κ1) is 30.0. The molecule has 0 amide bonds. The highest BCUT2D eigenvalue weighted by Crippen LogP contribution is 2.57. The molecule has 9 rings (SSSR count). The summed E-state index contributed by atoms with van der Waals surface area (Å²) < 4.78 is 49.2. The summed E-state index contributed by atoms with van der Waals surface area (Å²) in [6.07, 6.45) is 3.74. The van der Waals surface area contributed by atoms with E-state index in [0.29, 0.717) is 70.3 Å². The van der Waals surface area contributed by atoms with Gasteiger partial charge in [-0.25, -0.2) is 0 Å². The van der Waals surface area contributed by atoms with E-state index < -0.39 is 0 Å². The third-order valence-electron chi connectivity index (χ3n) is 9.48. The van der Waals surface area contributed by atoms with Gasteiger partial charge in [0.2, 0.25) is 24.0 Å². The molecule has 48 heavy (non-hydrogen) atoms. The predicted molar refractivity (Wildman–Crippen MR) is 179 cm³/mol. The molecule has 0 radical (unpaired) electrons. The summed E-state index contributed by atoms with van der Waals surface area (Å²) in [7, 11) is 8.71. The Hall–Kier alpha value is -5.35. The van der Waals surface area contributed by atoms with Crippen molar-refractivity contribution in [2.75, 3.05) is 48.8 Å². The molecule has 10 heteroatoms. The van der Waals surface area contributed by atoms with Crippen molar-refractivity contribution in [2.45, 2.75) is 25.3 Å². The van der Waals surface area contributed by atoms with E-state index in [1.165, 1.54) is 0 Å². The second-order valence-electron chi connectivity index (χ2n) is 12.1. The number of nitrogens with zero attached hydrogens (tertiary/aromatic N) is 2. The summed E-state index contributed by atoms with van der Waals surface area (Å²) in [6, 6.07) is 18.1. The zero-order chi connectivity index (χ0) is 32.9. The molecule has 1 aromatic heterocycles. The maximum atomic E-state index is 7.11. The van der Waals surface area contributed by atoms with Gasteiger partial charge in [-0.3, -0.25) is 9.88 Å². The monoisotopic (exact) mass is 648 g/mol. The maximum absolute atomic E-state index is 7.11. The molecule has 0 saturated heterocycles. The molecule has 5 aromatic rings. The number of rotatable bonds is 4. The second kappa shape index (κ2) is 12.0. The summed E-state index contributed by atoms with van der Waals surface area (Å²) in [5, 5.41) is 1.57. The molecule has 4 aromatic carbocycles. The van der Waals surface area contributed by atoms with Crippen LogP contribution in [0.25, 0.3) is 10.8 Å². The van der Waals surface area contributed by atoms with Crippen LogP contribution in [-0.4, -0.2) is 58.7 Å². The lowest BCUT2D eigenvalue weighted by atomic mass is 9.87. The molecule has 0 N–H and O–H groups in total. The standard InChI is InChI=1S/C38H36N2O8/c1-40-15-13-24-26-19-31(42-3)35(44-5)34(24)48-36-32-25(33(43-4)37-38(36)46-20-45-37)12-14-39-27(32)16-21-6-9-23(10-7-21)47-30-18-22(17-28(26)40)8-11-29(30)41-2/h6-12,14,18-19,28H,13,15-17,20H2,1-5H3/t28-/m1/s1. The second-order valence-corrected chi connectivity index (χ2v) is 12.1. The molecule has 1 atom stereocenters. The number of methoxy groups -OCH3 is 4. The molecule has 246 valence electrons. The van der Waals surface area contributed by atoms with Crippen molar-refractivity contribution in [1.82, 2.24) is 9.88 Å². The predicted octanol–water partition coefficient (Wildman–Crippen LogP) is 7.26. The molecule has 0 fully saturated rings. The van der Waals surface area contributed by atoms with E-state index in [0.717, 1.165) is 51.7 Å². The van der Waals surface area contributed by atoms with Crippen molar-refractivity contribution in [1.29, 1.82) is 0 Å².